The molecule has 0 radical (unpaired) electrons. The van der Waals surface area contributed by atoms with Crippen LogP contribution in [0.1, 0.15) is 51.5 Å². The zero-order valence-corrected chi connectivity index (χ0v) is 17.6. The van der Waals surface area contributed by atoms with Crippen molar-refractivity contribution in [2.45, 2.75) is 51.4 Å². The topological polar surface area (TPSA) is 38.8 Å². The maximum atomic E-state index is 13.2. The third-order valence-corrected chi connectivity index (χ3v) is 5.77. The van der Waals surface area contributed by atoms with E-state index in [1.54, 1.807) is 0 Å². The number of nitrogens with zero attached hydrogens (tertiary/aromatic N) is 1. The van der Waals surface area contributed by atoms with Gasteiger partial charge in [0.2, 0.25) is 0 Å². The Bertz CT molecular complexity index is 578. The van der Waals surface area contributed by atoms with Crippen molar-refractivity contribution in [1.82, 2.24) is 4.90 Å². The Morgan fingerprint density at radius 1 is 1.11 bits per heavy atom. The standard InChI is InChI=1S/C22H33NO3.ClH/c1-21(2,17-23-13-15-25-16-14-23)18-26-20(24)22(11-7-4-8-12-22)19-9-5-3-6-10-19;/h3,5-6,9-10H,4,7-8,11-18H2,1-2H3;1H. The molecule has 152 valence electrons. The Labute approximate surface area is 170 Å². The first-order valence-corrected chi connectivity index (χ1v) is 10.0. The fraction of sp³-hybridized carbons (Fsp3) is 0.682. The molecule has 0 bridgehead atoms. The Kier molecular flexibility index (Phi) is 8.14. The lowest BCUT2D eigenvalue weighted by Gasteiger charge is -2.38. The van der Waals surface area contributed by atoms with Crippen LogP contribution in [0, 0.1) is 5.41 Å². The maximum absolute atomic E-state index is 13.2. The largest absolute Gasteiger partial charge is 0.464 e. The zero-order chi connectivity index (χ0) is 18.5. The number of hydrogen-bond donors (Lipinski definition) is 0. The van der Waals surface area contributed by atoms with Crippen molar-refractivity contribution >= 4 is 18.4 Å². The molecule has 5 heteroatoms. The predicted octanol–water partition coefficient (Wildman–Crippen LogP) is 4.21. The third-order valence-electron chi connectivity index (χ3n) is 5.77. The molecule has 1 saturated heterocycles. The molecule has 2 fully saturated rings. The van der Waals surface area contributed by atoms with E-state index in [2.05, 4.69) is 30.9 Å². The highest BCUT2D eigenvalue weighted by Crippen LogP contribution is 2.40. The molecule has 1 aromatic carbocycles. The molecule has 2 aliphatic rings. The van der Waals surface area contributed by atoms with E-state index < -0.39 is 5.41 Å². The van der Waals surface area contributed by atoms with Crippen molar-refractivity contribution < 1.29 is 14.3 Å². The Morgan fingerprint density at radius 2 is 1.74 bits per heavy atom. The van der Waals surface area contributed by atoms with Crippen LogP contribution in [0.2, 0.25) is 0 Å². The van der Waals surface area contributed by atoms with Crippen LogP contribution in [-0.4, -0.2) is 50.3 Å². The first kappa shape index (κ1) is 22.2. The summed E-state index contributed by atoms with van der Waals surface area (Å²) < 4.78 is 11.4. The smallest absolute Gasteiger partial charge is 0.316 e. The number of ether oxygens (including phenoxy) is 2. The summed E-state index contributed by atoms with van der Waals surface area (Å²) in [6.45, 7) is 9.30. The van der Waals surface area contributed by atoms with E-state index in [4.69, 9.17) is 9.47 Å². The second-order valence-corrected chi connectivity index (χ2v) is 8.64. The summed E-state index contributed by atoms with van der Waals surface area (Å²) in [5.41, 5.74) is 0.615. The molecule has 1 saturated carbocycles. The molecular formula is C22H34ClNO3. The van der Waals surface area contributed by atoms with Gasteiger partial charge in [0.1, 0.15) is 0 Å². The highest BCUT2D eigenvalue weighted by molar-refractivity contribution is 5.85. The van der Waals surface area contributed by atoms with E-state index in [0.29, 0.717) is 6.61 Å². The number of halogens is 1. The number of carbonyl (C=O) groups is 1. The van der Waals surface area contributed by atoms with Crippen LogP contribution in [0.15, 0.2) is 30.3 Å². The summed E-state index contributed by atoms with van der Waals surface area (Å²) in [5.74, 6) is -0.0292. The van der Waals surface area contributed by atoms with Crippen LogP contribution < -0.4 is 0 Å². The molecule has 0 amide bonds. The minimum atomic E-state index is -0.450. The van der Waals surface area contributed by atoms with Gasteiger partial charge in [0.15, 0.2) is 0 Å². The lowest BCUT2D eigenvalue weighted by molar-refractivity contribution is -0.156. The molecule has 27 heavy (non-hydrogen) atoms. The number of esters is 1. The lowest BCUT2D eigenvalue weighted by atomic mass is 9.69. The van der Waals surface area contributed by atoms with Crippen molar-refractivity contribution in [3.63, 3.8) is 0 Å². The van der Waals surface area contributed by atoms with Gasteiger partial charge in [-0.1, -0.05) is 63.4 Å². The van der Waals surface area contributed by atoms with Crippen LogP contribution in [0.25, 0.3) is 0 Å². The number of benzene rings is 1. The maximum Gasteiger partial charge on any atom is 0.316 e. The summed E-state index contributed by atoms with van der Waals surface area (Å²) in [5, 5.41) is 0. The molecule has 3 rings (SSSR count). The van der Waals surface area contributed by atoms with Gasteiger partial charge in [-0.15, -0.1) is 12.4 Å². The minimum absolute atomic E-state index is 0. The normalized spacial score (nSPS) is 20.5. The van der Waals surface area contributed by atoms with E-state index in [1.165, 1.54) is 6.42 Å². The fourth-order valence-electron chi connectivity index (χ4n) is 4.33. The molecule has 0 spiro atoms. The SMILES string of the molecule is CC(C)(COC(=O)C1(c2ccccc2)CCCCC1)CN1CCOCC1.Cl. The van der Waals surface area contributed by atoms with E-state index in [9.17, 15) is 4.79 Å². The van der Waals surface area contributed by atoms with Crippen molar-refractivity contribution in [1.29, 1.82) is 0 Å². The summed E-state index contributed by atoms with van der Waals surface area (Å²) in [7, 11) is 0. The molecular weight excluding hydrogens is 362 g/mol. The molecule has 4 nitrogen and oxygen atoms in total. The van der Waals surface area contributed by atoms with E-state index in [-0.39, 0.29) is 23.8 Å². The average Bonchev–Trinajstić information content (AvgIpc) is 2.68. The third kappa shape index (κ3) is 5.69. The van der Waals surface area contributed by atoms with Crippen molar-refractivity contribution in [3.8, 4) is 0 Å². The van der Waals surface area contributed by atoms with Gasteiger partial charge in [-0.3, -0.25) is 9.69 Å². The number of morpholine rings is 1. The molecule has 0 atom stereocenters. The molecule has 1 heterocycles. The second kappa shape index (κ2) is 9.90. The molecule has 0 N–H and O–H groups in total. The fourth-order valence-corrected chi connectivity index (χ4v) is 4.33. The molecule has 0 aromatic heterocycles. The first-order chi connectivity index (χ1) is 12.5. The summed E-state index contributed by atoms with van der Waals surface area (Å²) in [4.78, 5) is 15.6. The van der Waals surface area contributed by atoms with Gasteiger partial charge in [-0.2, -0.15) is 0 Å². The minimum Gasteiger partial charge on any atom is -0.464 e. The number of hydrogen-bond acceptors (Lipinski definition) is 4. The van der Waals surface area contributed by atoms with Crippen LogP contribution in [0.3, 0.4) is 0 Å². The van der Waals surface area contributed by atoms with Gasteiger partial charge in [0, 0.05) is 25.0 Å². The molecule has 1 aliphatic carbocycles. The average molecular weight is 396 g/mol. The van der Waals surface area contributed by atoms with Crippen LogP contribution in [-0.2, 0) is 19.7 Å². The predicted molar refractivity (Wildman–Crippen MR) is 110 cm³/mol. The van der Waals surface area contributed by atoms with Gasteiger partial charge in [0.05, 0.1) is 25.2 Å². The number of carbonyl (C=O) groups excluding carboxylic acids is 1. The summed E-state index contributed by atoms with van der Waals surface area (Å²) in [6, 6.07) is 10.2. The van der Waals surface area contributed by atoms with Gasteiger partial charge < -0.3 is 9.47 Å². The molecule has 0 unspecified atom stereocenters. The molecule has 1 aromatic rings. The Hall–Kier alpha value is -1.10. The van der Waals surface area contributed by atoms with Crippen LogP contribution in [0.4, 0.5) is 0 Å². The van der Waals surface area contributed by atoms with Crippen LogP contribution >= 0.6 is 12.4 Å². The second-order valence-electron chi connectivity index (χ2n) is 8.64. The van der Waals surface area contributed by atoms with Gasteiger partial charge in [-0.25, -0.2) is 0 Å². The Balaban J connectivity index is 0.00000261. The van der Waals surface area contributed by atoms with Crippen molar-refractivity contribution in [2.75, 3.05) is 39.5 Å². The van der Waals surface area contributed by atoms with Gasteiger partial charge >= 0.3 is 5.97 Å². The summed E-state index contributed by atoms with van der Waals surface area (Å²) >= 11 is 0. The van der Waals surface area contributed by atoms with Gasteiger partial charge in [-0.05, 0) is 18.4 Å². The lowest BCUT2D eigenvalue weighted by Crippen LogP contribution is -2.45. The quantitative estimate of drug-likeness (QED) is 0.676. The monoisotopic (exact) mass is 395 g/mol. The zero-order valence-electron chi connectivity index (χ0n) is 16.7. The number of rotatable bonds is 6. The van der Waals surface area contributed by atoms with Crippen molar-refractivity contribution in [3.05, 3.63) is 35.9 Å². The summed E-state index contributed by atoms with van der Waals surface area (Å²) in [6.07, 6.45) is 5.21. The van der Waals surface area contributed by atoms with Crippen molar-refractivity contribution in [2.24, 2.45) is 5.41 Å². The van der Waals surface area contributed by atoms with E-state index >= 15 is 0 Å². The highest BCUT2D eigenvalue weighted by Gasteiger charge is 2.43. The first-order valence-electron chi connectivity index (χ1n) is 10.0. The van der Waals surface area contributed by atoms with E-state index in [0.717, 1.165) is 64.1 Å². The van der Waals surface area contributed by atoms with Crippen LogP contribution in [0.5, 0.6) is 0 Å². The van der Waals surface area contributed by atoms with E-state index in [1.807, 2.05) is 18.2 Å². The van der Waals surface area contributed by atoms with Gasteiger partial charge in [0.25, 0.3) is 0 Å². The Morgan fingerprint density at radius 3 is 2.37 bits per heavy atom. The molecule has 1 aliphatic heterocycles. The highest BCUT2D eigenvalue weighted by atomic mass is 35.5.